The lowest BCUT2D eigenvalue weighted by Crippen LogP contribution is -2.04. The Kier molecular flexibility index (Phi) is 5.35. The number of aromatic nitrogens is 1. The van der Waals surface area contributed by atoms with Crippen molar-refractivity contribution in [1.82, 2.24) is 4.98 Å². The van der Waals surface area contributed by atoms with E-state index in [1.165, 1.54) is 16.9 Å². The first kappa shape index (κ1) is 15.5. The summed E-state index contributed by atoms with van der Waals surface area (Å²) in [5, 5.41) is 10.0. The van der Waals surface area contributed by atoms with E-state index in [1.54, 1.807) is 0 Å². The molecule has 0 bridgehead atoms. The second-order valence-electron chi connectivity index (χ2n) is 5.14. The molecule has 110 valence electrons. The molecule has 0 spiro atoms. The maximum Gasteiger partial charge on any atom is 0.128 e. The summed E-state index contributed by atoms with van der Waals surface area (Å²) in [6.45, 7) is 6.94. The van der Waals surface area contributed by atoms with Gasteiger partial charge in [0.2, 0.25) is 0 Å². The van der Waals surface area contributed by atoms with Crippen molar-refractivity contribution in [2.24, 2.45) is 0 Å². The zero-order valence-electron chi connectivity index (χ0n) is 12.7. The highest BCUT2D eigenvalue weighted by Crippen LogP contribution is 2.26. The minimum absolute atomic E-state index is 0.443. The highest BCUT2D eigenvalue weighted by atomic mass is 32.1. The first-order valence-electron chi connectivity index (χ1n) is 7.26. The summed E-state index contributed by atoms with van der Waals surface area (Å²) in [5.41, 5.74) is 2.13. The molecule has 0 N–H and O–H groups in total. The number of hydrogen-bond acceptors (Lipinski definition) is 4. The van der Waals surface area contributed by atoms with Crippen LogP contribution in [0.15, 0.2) is 24.3 Å². The predicted molar refractivity (Wildman–Crippen MR) is 85.9 cm³/mol. The standard InChI is InChI=1S/C17H20N2OS/c1-4-14-16(11-18)21-17(19-14)9-10-20-15-8-6-5-7-13(15)12(2)3/h5-8,12H,4,9-10H2,1-3H3. The van der Waals surface area contributed by atoms with Crippen LogP contribution in [0.5, 0.6) is 5.75 Å². The molecule has 0 saturated carbocycles. The Labute approximate surface area is 130 Å². The Hall–Kier alpha value is -1.86. The molecule has 21 heavy (non-hydrogen) atoms. The minimum Gasteiger partial charge on any atom is -0.493 e. The van der Waals surface area contributed by atoms with Gasteiger partial charge in [-0.05, 0) is 24.0 Å². The molecule has 4 heteroatoms. The van der Waals surface area contributed by atoms with Crippen LogP contribution in [-0.4, -0.2) is 11.6 Å². The second-order valence-corrected chi connectivity index (χ2v) is 6.22. The Bertz CT molecular complexity index is 640. The summed E-state index contributed by atoms with van der Waals surface area (Å²) >= 11 is 1.48. The van der Waals surface area contributed by atoms with E-state index >= 15 is 0 Å². The molecule has 0 atom stereocenters. The SMILES string of the molecule is CCc1nc(CCOc2ccccc2C(C)C)sc1C#N. The molecule has 1 aromatic carbocycles. The Morgan fingerprint density at radius 2 is 2.10 bits per heavy atom. The molecule has 0 radical (unpaired) electrons. The summed E-state index contributed by atoms with van der Waals surface area (Å²) in [4.78, 5) is 5.24. The highest BCUT2D eigenvalue weighted by Gasteiger charge is 2.10. The van der Waals surface area contributed by atoms with Gasteiger partial charge in [0.15, 0.2) is 0 Å². The molecule has 0 unspecified atom stereocenters. The summed E-state index contributed by atoms with van der Waals surface area (Å²) in [5.74, 6) is 1.39. The van der Waals surface area contributed by atoms with Crippen LogP contribution >= 0.6 is 11.3 Å². The van der Waals surface area contributed by atoms with E-state index in [0.29, 0.717) is 12.5 Å². The molecule has 0 fully saturated rings. The van der Waals surface area contributed by atoms with Gasteiger partial charge in [-0.15, -0.1) is 11.3 Å². The van der Waals surface area contributed by atoms with Gasteiger partial charge in [0.1, 0.15) is 16.7 Å². The molecule has 1 heterocycles. The third-order valence-electron chi connectivity index (χ3n) is 3.29. The zero-order valence-corrected chi connectivity index (χ0v) is 13.5. The predicted octanol–water partition coefficient (Wildman–Crippen LogP) is 4.32. The number of nitrogens with zero attached hydrogens (tertiary/aromatic N) is 2. The maximum atomic E-state index is 9.05. The number of rotatable bonds is 6. The minimum atomic E-state index is 0.443. The zero-order chi connectivity index (χ0) is 15.2. The van der Waals surface area contributed by atoms with Crippen LogP contribution in [0, 0.1) is 11.3 Å². The summed E-state index contributed by atoms with van der Waals surface area (Å²) in [6.07, 6.45) is 1.54. The quantitative estimate of drug-likeness (QED) is 0.798. The largest absolute Gasteiger partial charge is 0.493 e. The van der Waals surface area contributed by atoms with Gasteiger partial charge in [-0.25, -0.2) is 4.98 Å². The van der Waals surface area contributed by atoms with Crippen LogP contribution in [0.25, 0.3) is 0 Å². The van der Waals surface area contributed by atoms with Crippen LogP contribution in [-0.2, 0) is 12.8 Å². The monoisotopic (exact) mass is 300 g/mol. The lowest BCUT2D eigenvalue weighted by Gasteiger charge is -2.13. The highest BCUT2D eigenvalue weighted by molar-refractivity contribution is 7.12. The topological polar surface area (TPSA) is 45.9 Å². The lowest BCUT2D eigenvalue weighted by molar-refractivity contribution is 0.317. The summed E-state index contributed by atoms with van der Waals surface area (Å²) in [7, 11) is 0. The van der Waals surface area contributed by atoms with Gasteiger partial charge in [-0.3, -0.25) is 0 Å². The molecule has 0 aliphatic carbocycles. The van der Waals surface area contributed by atoms with Gasteiger partial charge in [-0.1, -0.05) is 39.0 Å². The van der Waals surface area contributed by atoms with Crippen LogP contribution in [0.3, 0.4) is 0 Å². The normalized spacial score (nSPS) is 10.6. The van der Waals surface area contributed by atoms with Crippen molar-refractivity contribution in [2.45, 2.75) is 39.5 Å². The number of nitriles is 1. The molecular formula is C17H20N2OS. The smallest absolute Gasteiger partial charge is 0.128 e. The van der Waals surface area contributed by atoms with Gasteiger partial charge in [0.25, 0.3) is 0 Å². The Morgan fingerprint density at radius 1 is 1.33 bits per heavy atom. The molecule has 0 saturated heterocycles. The number of thiazole rings is 1. The second kappa shape index (κ2) is 7.24. The molecule has 2 aromatic rings. The summed E-state index contributed by atoms with van der Waals surface area (Å²) in [6, 6.07) is 10.4. The third kappa shape index (κ3) is 3.83. The maximum absolute atomic E-state index is 9.05. The van der Waals surface area contributed by atoms with Crippen molar-refractivity contribution >= 4 is 11.3 Å². The first-order chi connectivity index (χ1) is 10.2. The molecule has 2 rings (SSSR count). The van der Waals surface area contributed by atoms with Gasteiger partial charge in [-0.2, -0.15) is 5.26 Å². The number of benzene rings is 1. The Balaban J connectivity index is 1.99. The number of aryl methyl sites for hydroxylation is 1. The fraction of sp³-hybridized carbons (Fsp3) is 0.412. The molecule has 0 aliphatic rings. The van der Waals surface area contributed by atoms with Crippen molar-refractivity contribution in [3.63, 3.8) is 0 Å². The Morgan fingerprint density at radius 3 is 2.71 bits per heavy atom. The molecule has 0 aliphatic heterocycles. The van der Waals surface area contributed by atoms with Gasteiger partial charge in [0, 0.05) is 6.42 Å². The van der Waals surface area contributed by atoms with Crippen molar-refractivity contribution in [2.75, 3.05) is 6.61 Å². The van der Waals surface area contributed by atoms with Gasteiger partial charge < -0.3 is 4.74 Å². The average molecular weight is 300 g/mol. The van der Waals surface area contributed by atoms with E-state index in [-0.39, 0.29) is 0 Å². The number of ether oxygens (including phenoxy) is 1. The van der Waals surface area contributed by atoms with Crippen molar-refractivity contribution < 1.29 is 4.74 Å². The fourth-order valence-corrected chi connectivity index (χ4v) is 3.10. The number of hydrogen-bond donors (Lipinski definition) is 0. The van der Waals surface area contributed by atoms with Crippen LogP contribution in [0.4, 0.5) is 0 Å². The van der Waals surface area contributed by atoms with Crippen LogP contribution in [0.2, 0.25) is 0 Å². The fourth-order valence-electron chi connectivity index (χ4n) is 2.17. The van der Waals surface area contributed by atoms with E-state index in [2.05, 4.69) is 31.0 Å². The average Bonchev–Trinajstić information content (AvgIpc) is 2.90. The van der Waals surface area contributed by atoms with Crippen molar-refractivity contribution in [3.05, 3.63) is 45.4 Å². The van der Waals surface area contributed by atoms with Crippen LogP contribution in [0.1, 0.15) is 47.8 Å². The van der Waals surface area contributed by atoms with E-state index in [0.717, 1.165) is 34.2 Å². The third-order valence-corrected chi connectivity index (χ3v) is 4.35. The van der Waals surface area contributed by atoms with Crippen molar-refractivity contribution in [1.29, 1.82) is 5.26 Å². The van der Waals surface area contributed by atoms with E-state index in [1.807, 2.05) is 25.1 Å². The molecule has 3 nitrogen and oxygen atoms in total. The van der Waals surface area contributed by atoms with E-state index in [4.69, 9.17) is 10.00 Å². The van der Waals surface area contributed by atoms with Gasteiger partial charge in [0.05, 0.1) is 17.3 Å². The molecule has 0 amide bonds. The van der Waals surface area contributed by atoms with Gasteiger partial charge >= 0.3 is 0 Å². The number of para-hydroxylation sites is 1. The molecular weight excluding hydrogens is 280 g/mol. The van der Waals surface area contributed by atoms with E-state index in [9.17, 15) is 0 Å². The first-order valence-corrected chi connectivity index (χ1v) is 8.07. The van der Waals surface area contributed by atoms with Crippen molar-refractivity contribution in [3.8, 4) is 11.8 Å². The van der Waals surface area contributed by atoms with Crippen LogP contribution < -0.4 is 4.74 Å². The summed E-state index contributed by atoms with van der Waals surface area (Å²) < 4.78 is 5.90. The lowest BCUT2D eigenvalue weighted by atomic mass is 10.0. The molecule has 1 aromatic heterocycles. The van der Waals surface area contributed by atoms with E-state index < -0.39 is 0 Å².